The molecule has 3 rings (SSSR count). The quantitative estimate of drug-likeness (QED) is 0.742. The molecule has 1 aromatic heterocycles. The lowest BCUT2D eigenvalue weighted by Crippen LogP contribution is -2.30. The highest BCUT2D eigenvalue weighted by Gasteiger charge is 2.31. The number of nitrogens with one attached hydrogen (secondary N) is 1. The third-order valence-corrected chi connectivity index (χ3v) is 5.00. The Bertz CT molecular complexity index is 852. The molecule has 7 nitrogen and oxygen atoms in total. The molecule has 0 aliphatic carbocycles. The summed E-state index contributed by atoms with van der Waals surface area (Å²) >= 11 is 0. The van der Waals surface area contributed by atoms with Crippen LogP contribution in [0.2, 0.25) is 0 Å². The van der Waals surface area contributed by atoms with Crippen LogP contribution in [-0.2, 0) is 4.79 Å². The number of carbonyl (C=O) groups excluding carboxylic acids is 2. The number of pyridine rings is 1. The van der Waals surface area contributed by atoms with Crippen LogP contribution < -0.4 is 20.5 Å². The Balaban J connectivity index is 1.75. The van der Waals surface area contributed by atoms with Gasteiger partial charge in [0.2, 0.25) is 11.8 Å². The van der Waals surface area contributed by atoms with E-state index in [2.05, 4.69) is 17.2 Å². The molecule has 2 atom stereocenters. The van der Waals surface area contributed by atoms with Gasteiger partial charge >= 0.3 is 0 Å². The molecule has 0 spiro atoms. The van der Waals surface area contributed by atoms with Gasteiger partial charge in [0.1, 0.15) is 5.75 Å². The molecule has 1 aliphatic rings. The summed E-state index contributed by atoms with van der Waals surface area (Å²) in [7, 11) is 1.49. The summed E-state index contributed by atoms with van der Waals surface area (Å²) in [4.78, 5) is 27.6. The maximum absolute atomic E-state index is 11.7. The third kappa shape index (κ3) is 4.13. The highest BCUT2D eigenvalue weighted by atomic mass is 16.5. The van der Waals surface area contributed by atoms with Crippen molar-refractivity contribution < 1.29 is 19.1 Å². The van der Waals surface area contributed by atoms with Crippen molar-refractivity contribution in [1.82, 2.24) is 10.3 Å². The standard InChI is InChI=1S/C20H25N3O4/c1-3-4-13-10-18(24)23-16(13)6-8-27-20-14-11-17(26-2)15(19(21)25)9-12(14)5-7-22-20/h5,7,9,11,13,16H,3-4,6,8,10H2,1-2H3,(H2,21,25)(H,23,24)/t13-,16-/m1/s1. The fraction of sp³-hybridized carbons (Fsp3) is 0.450. The molecule has 2 heterocycles. The van der Waals surface area contributed by atoms with E-state index in [4.69, 9.17) is 15.2 Å². The minimum absolute atomic E-state index is 0.116. The van der Waals surface area contributed by atoms with Crippen molar-refractivity contribution in [1.29, 1.82) is 0 Å². The van der Waals surface area contributed by atoms with E-state index in [1.54, 1.807) is 24.4 Å². The van der Waals surface area contributed by atoms with Crippen molar-refractivity contribution in [2.24, 2.45) is 11.7 Å². The molecular formula is C20H25N3O4. The zero-order valence-corrected chi connectivity index (χ0v) is 15.7. The highest BCUT2D eigenvalue weighted by molar-refractivity contribution is 6.01. The van der Waals surface area contributed by atoms with Crippen LogP contribution in [0.4, 0.5) is 0 Å². The van der Waals surface area contributed by atoms with Crippen molar-refractivity contribution in [3.8, 4) is 11.6 Å². The van der Waals surface area contributed by atoms with Gasteiger partial charge in [0.25, 0.3) is 5.91 Å². The second-order valence-corrected chi connectivity index (χ2v) is 6.82. The summed E-state index contributed by atoms with van der Waals surface area (Å²) < 4.78 is 11.2. The lowest BCUT2D eigenvalue weighted by molar-refractivity contribution is -0.119. The topological polar surface area (TPSA) is 104 Å². The van der Waals surface area contributed by atoms with E-state index in [0.717, 1.165) is 30.0 Å². The SMILES string of the molecule is CCC[C@@H]1CC(=O)N[C@@H]1CCOc1nccc2cc(C(N)=O)c(OC)cc12. The molecule has 2 amide bonds. The molecule has 144 valence electrons. The lowest BCUT2D eigenvalue weighted by atomic mass is 9.94. The predicted molar refractivity (Wildman–Crippen MR) is 102 cm³/mol. The largest absolute Gasteiger partial charge is 0.496 e. The first-order valence-corrected chi connectivity index (χ1v) is 9.22. The minimum atomic E-state index is -0.549. The summed E-state index contributed by atoms with van der Waals surface area (Å²) in [6, 6.07) is 5.33. The van der Waals surface area contributed by atoms with E-state index in [1.807, 2.05) is 0 Å². The van der Waals surface area contributed by atoms with Crippen LogP contribution in [0.1, 0.15) is 43.0 Å². The zero-order valence-electron chi connectivity index (χ0n) is 15.7. The molecule has 1 saturated heterocycles. The first-order valence-electron chi connectivity index (χ1n) is 9.22. The minimum Gasteiger partial charge on any atom is -0.496 e. The van der Waals surface area contributed by atoms with Crippen LogP contribution in [0.5, 0.6) is 11.6 Å². The second-order valence-electron chi connectivity index (χ2n) is 6.82. The van der Waals surface area contributed by atoms with E-state index in [9.17, 15) is 9.59 Å². The molecule has 1 aromatic carbocycles. The normalized spacial score (nSPS) is 19.1. The van der Waals surface area contributed by atoms with Gasteiger partial charge in [0.05, 0.1) is 19.3 Å². The Hall–Kier alpha value is -2.83. The van der Waals surface area contributed by atoms with Crippen LogP contribution in [0.15, 0.2) is 24.4 Å². The summed E-state index contributed by atoms with van der Waals surface area (Å²) in [6.45, 7) is 2.57. The monoisotopic (exact) mass is 371 g/mol. The van der Waals surface area contributed by atoms with Gasteiger partial charge in [-0.1, -0.05) is 13.3 Å². The van der Waals surface area contributed by atoms with E-state index >= 15 is 0 Å². The molecule has 0 saturated carbocycles. The molecule has 27 heavy (non-hydrogen) atoms. The molecule has 3 N–H and O–H groups in total. The van der Waals surface area contributed by atoms with Gasteiger partial charge in [-0.05, 0) is 35.9 Å². The van der Waals surface area contributed by atoms with Crippen molar-refractivity contribution in [2.45, 2.75) is 38.6 Å². The average Bonchev–Trinajstić information content (AvgIpc) is 3.00. The Morgan fingerprint density at radius 3 is 2.89 bits per heavy atom. The van der Waals surface area contributed by atoms with Crippen LogP contribution >= 0.6 is 0 Å². The number of nitrogens with two attached hydrogens (primary N) is 1. The fourth-order valence-electron chi connectivity index (χ4n) is 3.68. The highest BCUT2D eigenvalue weighted by Crippen LogP contribution is 2.31. The number of ether oxygens (including phenoxy) is 2. The molecule has 7 heteroatoms. The number of benzene rings is 1. The summed E-state index contributed by atoms with van der Waals surface area (Å²) in [5.41, 5.74) is 5.74. The van der Waals surface area contributed by atoms with Crippen molar-refractivity contribution >= 4 is 22.6 Å². The van der Waals surface area contributed by atoms with Crippen LogP contribution in [0, 0.1) is 5.92 Å². The zero-order chi connectivity index (χ0) is 19.4. The van der Waals surface area contributed by atoms with Gasteiger partial charge in [-0.3, -0.25) is 9.59 Å². The summed E-state index contributed by atoms with van der Waals surface area (Å²) in [6.07, 6.45) is 5.04. The van der Waals surface area contributed by atoms with Gasteiger partial charge < -0.3 is 20.5 Å². The van der Waals surface area contributed by atoms with E-state index < -0.39 is 5.91 Å². The number of hydrogen-bond acceptors (Lipinski definition) is 5. The van der Waals surface area contributed by atoms with Gasteiger partial charge in [-0.25, -0.2) is 4.98 Å². The first kappa shape index (κ1) is 18.9. The Labute approximate surface area is 158 Å². The van der Waals surface area contributed by atoms with Gasteiger partial charge in [0, 0.05) is 30.5 Å². The summed E-state index contributed by atoms with van der Waals surface area (Å²) in [5, 5.41) is 4.59. The Kier molecular flexibility index (Phi) is 5.78. The maximum Gasteiger partial charge on any atom is 0.252 e. The van der Waals surface area contributed by atoms with Crippen LogP contribution in [0.3, 0.4) is 0 Å². The summed E-state index contributed by atoms with van der Waals surface area (Å²) in [5.74, 6) is 0.791. The average molecular weight is 371 g/mol. The Morgan fingerprint density at radius 2 is 2.19 bits per heavy atom. The van der Waals surface area contributed by atoms with Crippen molar-refractivity contribution in [3.05, 3.63) is 30.0 Å². The molecule has 0 radical (unpaired) electrons. The predicted octanol–water partition coefficient (Wildman–Crippen LogP) is 2.42. The van der Waals surface area contributed by atoms with Crippen molar-refractivity contribution in [2.75, 3.05) is 13.7 Å². The molecular weight excluding hydrogens is 346 g/mol. The second kappa shape index (κ2) is 8.24. The van der Waals surface area contributed by atoms with Crippen LogP contribution in [-0.4, -0.2) is 36.6 Å². The number of fused-ring (bicyclic) bond motifs is 1. The lowest BCUT2D eigenvalue weighted by Gasteiger charge is -2.18. The molecule has 1 fully saturated rings. The number of rotatable bonds is 8. The van der Waals surface area contributed by atoms with E-state index in [1.165, 1.54) is 7.11 Å². The molecule has 0 unspecified atom stereocenters. The van der Waals surface area contributed by atoms with Gasteiger partial charge in [0.15, 0.2) is 0 Å². The fourth-order valence-corrected chi connectivity index (χ4v) is 3.68. The van der Waals surface area contributed by atoms with Crippen molar-refractivity contribution in [3.63, 3.8) is 0 Å². The van der Waals surface area contributed by atoms with E-state index in [-0.39, 0.29) is 11.9 Å². The number of aromatic nitrogens is 1. The van der Waals surface area contributed by atoms with Gasteiger partial charge in [-0.15, -0.1) is 0 Å². The number of primary amides is 1. The van der Waals surface area contributed by atoms with Gasteiger partial charge in [-0.2, -0.15) is 0 Å². The number of carbonyl (C=O) groups is 2. The third-order valence-electron chi connectivity index (χ3n) is 5.00. The number of hydrogen-bond donors (Lipinski definition) is 2. The number of nitrogens with zero attached hydrogens (tertiary/aromatic N) is 1. The maximum atomic E-state index is 11.7. The Morgan fingerprint density at radius 1 is 1.37 bits per heavy atom. The molecule has 2 aromatic rings. The number of methoxy groups -OCH3 is 1. The number of amides is 2. The molecule has 1 aliphatic heterocycles. The first-order chi connectivity index (χ1) is 13.0. The van der Waals surface area contributed by atoms with Crippen LogP contribution in [0.25, 0.3) is 10.8 Å². The van der Waals surface area contributed by atoms with E-state index in [0.29, 0.717) is 36.1 Å². The molecule has 0 bridgehead atoms. The smallest absolute Gasteiger partial charge is 0.252 e.